The third kappa shape index (κ3) is 6.27. The molecule has 9 nitrogen and oxygen atoms in total. The molecule has 0 spiro atoms. The number of nitro groups is 1. The monoisotopic (exact) mass is 636 g/mol. The fourth-order valence-corrected chi connectivity index (χ4v) is 7.12. The van der Waals surface area contributed by atoms with Gasteiger partial charge in [-0.2, -0.15) is 0 Å². The summed E-state index contributed by atoms with van der Waals surface area (Å²) < 4.78 is 29.6. The fraction of sp³-hybridized carbons (Fsp3) is 0.233. The lowest BCUT2D eigenvalue weighted by molar-refractivity contribution is -0.540. The molecule has 1 aliphatic rings. The van der Waals surface area contributed by atoms with E-state index in [1.807, 2.05) is 48.2 Å². The largest absolute Gasteiger partial charge is 0.506 e. The first-order chi connectivity index (χ1) is 19.6. The Bertz CT molecular complexity index is 1650. The Kier molecular flexibility index (Phi) is 8.39. The van der Waals surface area contributed by atoms with Gasteiger partial charge < -0.3 is 5.11 Å². The zero-order valence-electron chi connectivity index (χ0n) is 22.2. The van der Waals surface area contributed by atoms with E-state index < -0.39 is 28.0 Å². The third-order valence-electron chi connectivity index (χ3n) is 7.45. The average molecular weight is 638 g/mol. The molecule has 0 radical (unpaired) electrons. The fourth-order valence-electron chi connectivity index (χ4n) is 5.48. The molecule has 11 heteroatoms. The second kappa shape index (κ2) is 12.0. The minimum absolute atomic E-state index is 0.0425. The van der Waals surface area contributed by atoms with Gasteiger partial charge in [-0.3, -0.25) is 24.7 Å². The van der Waals surface area contributed by atoms with Gasteiger partial charge in [0.25, 0.3) is 10.0 Å². The van der Waals surface area contributed by atoms with Crippen LogP contribution >= 0.6 is 15.9 Å². The molecule has 2 heterocycles. The molecule has 3 aromatic carbocycles. The van der Waals surface area contributed by atoms with Crippen LogP contribution in [0.25, 0.3) is 0 Å². The average Bonchev–Trinajstić information content (AvgIpc) is 2.95. The van der Waals surface area contributed by atoms with Gasteiger partial charge in [-0.15, -0.1) is 0 Å². The van der Waals surface area contributed by atoms with Crippen molar-refractivity contribution < 1.29 is 18.4 Å². The number of aryl methyl sites for hydroxylation is 1. The lowest BCUT2D eigenvalue weighted by Crippen LogP contribution is -2.48. The molecule has 0 unspecified atom stereocenters. The molecular weight excluding hydrogens is 608 g/mol. The third-order valence-corrected chi connectivity index (χ3v) is 9.55. The Morgan fingerprint density at radius 1 is 1.10 bits per heavy atom. The zero-order valence-corrected chi connectivity index (χ0v) is 24.6. The first kappa shape index (κ1) is 28.7. The Labute approximate surface area is 247 Å². The van der Waals surface area contributed by atoms with E-state index in [0.29, 0.717) is 25.1 Å². The summed E-state index contributed by atoms with van der Waals surface area (Å²) in [4.78, 5) is 18.8. The molecule has 1 aromatic heterocycles. The van der Waals surface area contributed by atoms with E-state index in [-0.39, 0.29) is 21.3 Å². The Hall–Kier alpha value is -3.80. The summed E-state index contributed by atoms with van der Waals surface area (Å²) in [6.07, 6.45) is 3.96. The maximum atomic E-state index is 13.2. The highest BCUT2D eigenvalue weighted by Gasteiger charge is 2.48. The number of benzene rings is 3. The predicted octanol–water partition coefficient (Wildman–Crippen LogP) is 6.04. The van der Waals surface area contributed by atoms with Crippen LogP contribution in [-0.4, -0.2) is 40.9 Å². The van der Waals surface area contributed by atoms with Crippen LogP contribution in [0.4, 0.5) is 5.69 Å². The van der Waals surface area contributed by atoms with Crippen LogP contribution in [0.5, 0.6) is 5.75 Å². The van der Waals surface area contributed by atoms with E-state index in [4.69, 9.17) is 0 Å². The van der Waals surface area contributed by atoms with Gasteiger partial charge >= 0.3 is 0 Å². The molecule has 0 bridgehead atoms. The van der Waals surface area contributed by atoms with Gasteiger partial charge in [0.15, 0.2) is 0 Å². The van der Waals surface area contributed by atoms with Gasteiger partial charge in [0.2, 0.25) is 6.04 Å². The number of rotatable bonds is 8. The van der Waals surface area contributed by atoms with Crippen molar-refractivity contribution in [2.45, 2.75) is 42.8 Å². The minimum Gasteiger partial charge on any atom is -0.506 e. The maximum Gasteiger partial charge on any atom is 0.262 e. The lowest BCUT2D eigenvalue weighted by atomic mass is 9.78. The molecule has 5 rings (SSSR count). The number of aromatic hydroxyl groups is 1. The number of piperidine rings is 1. The van der Waals surface area contributed by atoms with Crippen molar-refractivity contribution in [1.29, 1.82) is 0 Å². The summed E-state index contributed by atoms with van der Waals surface area (Å²) in [7, 11) is -4.02. The Balaban J connectivity index is 1.58. The number of hydrogen-bond acceptors (Lipinski definition) is 7. The van der Waals surface area contributed by atoms with Crippen LogP contribution in [0.2, 0.25) is 0 Å². The Morgan fingerprint density at radius 2 is 1.85 bits per heavy atom. The molecule has 0 saturated carbocycles. The summed E-state index contributed by atoms with van der Waals surface area (Å²) in [6.45, 7) is 2.82. The number of pyridine rings is 1. The van der Waals surface area contributed by atoms with Crippen molar-refractivity contribution in [2.75, 3.05) is 11.3 Å². The zero-order chi connectivity index (χ0) is 29.1. The lowest BCUT2D eigenvalue weighted by Gasteiger charge is -2.41. The predicted molar refractivity (Wildman–Crippen MR) is 160 cm³/mol. The molecule has 0 amide bonds. The van der Waals surface area contributed by atoms with E-state index in [1.54, 1.807) is 30.6 Å². The van der Waals surface area contributed by atoms with Gasteiger partial charge in [0, 0.05) is 34.9 Å². The van der Waals surface area contributed by atoms with E-state index in [0.717, 1.165) is 21.2 Å². The summed E-state index contributed by atoms with van der Waals surface area (Å²) in [5, 5.41) is 23.5. The molecule has 4 aromatic rings. The minimum atomic E-state index is -4.02. The molecular formula is C30H29BrN4O5S. The van der Waals surface area contributed by atoms with E-state index >= 15 is 0 Å². The quantitative estimate of drug-likeness (QED) is 0.137. The highest BCUT2D eigenvalue weighted by Crippen LogP contribution is 2.45. The van der Waals surface area contributed by atoms with Crippen LogP contribution in [-0.2, 0) is 16.6 Å². The number of anilines is 1. The van der Waals surface area contributed by atoms with Crippen LogP contribution in [0.3, 0.4) is 0 Å². The molecule has 2 N–H and O–H groups in total. The van der Waals surface area contributed by atoms with Crippen molar-refractivity contribution in [3.63, 3.8) is 0 Å². The molecule has 3 atom stereocenters. The topological polar surface area (TPSA) is 126 Å². The van der Waals surface area contributed by atoms with Crippen LogP contribution < -0.4 is 4.72 Å². The number of nitrogens with zero attached hydrogens (tertiary/aromatic N) is 3. The molecule has 1 fully saturated rings. The van der Waals surface area contributed by atoms with E-state index in [1.165, 1.54) is 24.3 Å². The SMILES string of the molecule is Cc1ccc(S(=O)(=O)Nc2cc([C@H]3[C@H]([N+](=O)[O-])[C@@H](c4ccccc4Br)CCN3Cc3cccnc3)ccc2O)cc1. The van der Waals surface area contributed by atoms with Crippen LogP contribution in [0, 0.1) is 17.0 Å². The van der Waals surface area contributed by atoms with Crippen molar-refractivity contribution in [3.05, 3.63) is 128 Å². The van der Waals surface area contributed by atoms with E-state index in [9.17, 15) is 23.6 Å². The second-order valence-electron chi connectivity index (χ2n) is 10.2. The van der Waals surface area contributed by atoms with Crippen LogP contribution in [0.15, 0.2) is 101 Å². The number of sulfonamides is 1. The second-order valence-corrected chi connectivity index (χ2v) is 12.7. The number of halogens is 1. The summed E-state index contributed by atoms with van der Waals surface area (Å²) in [5.41, 5.74) is 3.13. The van der Waals surface area contributed by atoms with Crippen molar-refractivity contribution >= 4 is 31.6 Å². The smallest absolute Gasteiger partial charge is 0.262 e. The molecule has 212 valence electrons. The summed E-state index contributed by atoms with van der Waals surface area (Å²) in [5.74, 6) is -0.684. The number of likely N-dealkylation sites (tertiary alicyclic amines) is 1. The molecule has 0 aliphatic carbocycles. The van der Waals surface area contributed by atoms with Gasteiger partial charge in [-0.05, 0) is 66.4 Å². The van der Waals surface area contributed by atoms with Gasteiger partial charge in [-0.1, -0.05) is 64.0 Å². The maximum absolute atomic E-state index is 13.2. The van der Waals surface area contributed by atoms with Gasteiger partial charge in [-0.25, -0.2) is 8.42 Å². The molecule has 1 saturated heterocycles. The summed E-state index contributed by atoms with van der Waals surface area (Å²) >= 11 is 3.58. The van der Waals surface area contributed by atoms with Gasteiger partial charge in [0.05, 0.1) is 16.5 Å². The van der Waals surface area contributed by atoms with Crippen molar-refractivity contribution in [2.24, 2.45) is 0 Å². The van der Waals surface area contributed by atoms with Gasteiger partial charge in [0.1, 0.15) is 11.8 Å². The summed E-state index contributed by atoms with van der Waals surface area (Å²) in [6, 6.07) is 20.3. The van der Waals surface area contributed by atoms with Crippen LogP contribution in [0.1, 0.15) is 40.6 Å². The molecule has 1 aliphatic heterocycles. The number of hydrogen-bond donors (Lipinski definition) is 2. The normalized spacial score (nSPS) is 19.5. The first-order valence-electron chi connectivity index (χ1n) is 13.1. The number of nitrogens with one attached hydrogen (secondary N) is 1. The highest BCUT2D eigenvalue weighted by molar-refractivity contribution is 9.10. The highest BCUT2D eigenvalue weighted by atomic mass is 79.9. The standard InChI is InChI=1S/C30H29BrN4O5S/c1-20-8-11-23(12-9-20)41(39,40)33-27-17-22(10-13-28(27)36)29-30(35(37)38)25(24-6-2-3-7-26(24)31)14-16-34(29)19-21-5-4-15-32-18-21/h2-13,15,17-18,25,29-30,33,36H,14,16,19H2,1H3/t25-,29+,30-/m1/s1. The number of phenols is 1. The first-order valence-corrected chi connectivity index (χ1v) is 15.3. The van der Waals surface area contributed by atoms with Crippen molar-refractivity contribution in [1.82, 2.24) is 9.88 Å². The van der Waals surface area contributed by atoms with Crippen molar-refractivity contribution in [3.8, 4) is 5.75 Å². The molecule has 41 heavy (non-hydrogen) atoms. The van der Waals surface area contributed by atoms with E-state index in [2.05, 4.69) is 25.6 Å². The Morgan fingerprint density at radius 3 is 2.54 bits per heavy atom. The number of aromatic nitrogens is 1. The number of phenolic OH excluding ortho intramolecular Hbond substituents is 1.